The summed E-state index contributed by atoms with van der Waals surface area (Å²) < 4.78 is 8.96. The number of anilines is 3. The van der Waals surface area contributed by atoms with Gasteiger partial charge in [0.05, 0.1) is 16.7 Å². The minimum atomic E-state index is 0.853. The average molecular weight is 779 g/mol. The molecular formula is C58H38N2O. The van der Waals surface area contributed by atoms with Crippen LogP contribution >= 0.6 is 0 Å². The van der Waals surface area contributed by atoms with Crippen molar-refractivity contribution in [3.8, 4) is 39.1 Å². The summed E-state index contributed by atoms with van der Waals surface area (Å²) >= 11 is 0. The fourth-order valence-electron chi connectivity index (χ4n) is 9.51. The van der Waals surface area contributed by atoms with Crippen LogP contribution in [0.2, 0.25) is 0 Å². The van der Waals surface area contributed by atoms with E-state index in [4.69, 9.17) is 4.42 Å². The van der Waals surface area contributed by atoms with Gasteiger partial charge in [0, 0.05) is 55.8 Å². The van der Waals surface area contributed by atoms with Crippen LogP contribution in [0.15, 0.2) is 235 Å². The van der Waals surface area contributed by atoms with Crippen LogP contribution < -0.4 is 4.90 Å². The van der Waals surface area contributed by atoms with E-state index in [1.807, 2.05) is 12.1 Å². The summed E-state index contributed by atoms with van der Waals surface area (Å²) in [6, 6.07) is 83.0. The zero-order valence-electron chi connectivity index (χ0n) is 33.2. The van der Waals surface area contributed by atoms with Crippen molar-refractivity contribution in [1.29, 1.82) is 0 Å². The third kappa shape index (κ3) is 5.74. The molecule has 0 fully saturated rings. The summed E-state index contributed by atoms with van der Waals surface area (Å²) in [6.07, 6.45) is 0. The van der Waals surface area contributed by atoms with Crippen molar-refractivity contribution in [2.75, 3.05) is 4.90 Å². The minimum Gasteiger partial charge on any atom is -0.456 e. The molecule has 0 saturated carbocycles. The number of hydrogen-bond acceptors (Lipinski definition) is 2. The van der Waals surface area contributed by atoms with Gasteiger partial charge < -0.3 is 13.9 Å². The van der Waals surface area contributed by atoms with Gasteiger partial charge in [0.15, 0.2) is 0 Å². The molecule has 0 bridgehead atoms. The Balaban J connectivity index is 1.11. The van der Waals surface area contributed by atoms with Gasteiger partial charge in [-0.05, 0) is 87.6 Å². The molecule has 0 atom stereocenters. The monoisotopic (exact) mass is 778 g/mol. The van der Waals surface area contributed by atoms with E-state index in [1.54, 1.807) is 0 Å². The van der Waals surface area contributed by atoms with Crippen molar-refractivity contribution in [3.63, 3.8) is 0 Å². The largest absolute Gasteiger partial charge is 0.456 e. The second kappa shape index (κ2) is 14.3. The Morgan fingerprint density at radius 1 is 0.361 bits per heavy atom. The normalized spacial score (nSPS) is 11.6. The van der Waals surface area contributed by atoms with Crippen molar-refractivity contribution in [1.82, 2.24) is 4.57 Å². The summed E-state index contributed by atoms with van der Waals surface area (Å²) in [5.41, 5.74) is 15.4. The number of aromatic nitrogens is 1. The average Bonchev–Trinajstić information content (AvgIpc) is 3.88. The molecule has 3 nitrogen and oxygen atoms in total. The molecule has 12 aromatic rings. The van der Waals surface area contributed by atoms with Gasteiger partial charge in [-0.2, -0.15) is 0 Å². The van der Waals surface area contributed by atoms with Gasteiger partial charge in [-0.15, -0.1) is 0 Å². The van der Waals surface area contributed by atoms with Crippen LogP contribution in [-0.2, 0) is 0 Å². The standard InChI is InChI=1S/C58H38N2O/c1-3-17-39(18-4-1)45-28-14-19-40-20-15-30-51(57(40)45)47-25-7-10-32-53(47)59(44-35-36-50-49-27-9-12-34-55(49)61-56(50)38-44)43-24-13-21-41(37-43)46-29-16-31-52-48-26-8-11-33-54(48)60(58(46)52)42-22-5-2-6-23-42/h1-38H. The Morgan fingerprint density at radius 3 is 1.84 bits per heavy atom. The predicted molar refractivity (Wildman–Crippen MR) is 257 cm³/mol. The molecule has 0 radical (unpaired) electrons. The fourth-order valence-corrected chi connectivity index (χ4v) is 9.51. The first-order valence-corrected chi connectivity index (χ1v) is 20.8. The molecule has 286 valence electrons. The number of rotatable bonds is 7. The predicted octanol–water partition coefficient (Wildman–Crippen LogP) is 16.3. The van der Waals surface area contributed by atoms with Gasteiger partial charge >= 0.3 is 0 Å². The molecule has 0 aliphatic rings. The summed E-state index contributed by atoms with van der Waals surface area (Å²) in [5, 5.41) is 7.11. The molecule has 0 spiro atoms. The van der Waals surface area contributed by atoms with Crippen LogP contribution in [0.25, 0.3) is 93.6 Å². The van der Waals surface area contributed by atoms with Crippen molar-refractivity contribution < 1.29 is 4.42 Å². The van der Waals surface area contributed by atoms with E-state index < -0.39 is 0 Å². The van der Waals surface area contributed by atoms with Crippen molar-refractivity contribution >= 4 is 71.6 Å². The second-order valence-corrected chi connectivity index (χ2v) is 15.6. The van der Waals surface area contributed by atoms with E-state index in [2.05, 4.69) is 228 Å². The molecule has 2 aromatic heterocycles. The van der Waals surface area contributed by atoms with Crippen LogP contribution in [0, 0.1) is 0 Å². The smallest absolute Gasteiger partial charge is 0.137 e. The maximum absolute atomic E-state index is 6.55. The molecule has 12 rings (SSSR count). The minimum absolute atomic E-state index is 0.853. The number of furan rings is 1. The quantitative estimate of drug-likeness (QED) is 0.161. The fraction of sp³-hybridized carbons (Fsp3) is 0. The number of hydrogen-bond donors (Lipinski definition) is 0. The highest BCUT2D eigenvalue weighted by Gasteiger charge is 2.22. The van der Waals surface area contributed by atoms with E-state index in [0.717, 1.165) is 55.8 Å². The Bertz CT molecular complexity index is 3590. The molecule has 61 heavy (non-hydrogen) atoms. The van der Waals surface area contributed by atoms with Gasteiger partial charge in [0.1, 0.15) is 11.2 Å². The molecule has 3 heteroatoms. The lowest BCUT2D eigenvalue weighted by molar-refractivity contribution is 0.669. The molecule has 0 saturated heterocycles. The highest BCUT2D eigenvalue weighted by molar-refractivity contribution is 6.14. The van der Waals surface area contributed by atoms with Crippen LogP contribution in [0.5, 0.6) is 0 Å². The van der Waals surface area contributed by atoms with Crippen molar-refractivity contribution in [2.45, 2.75) is 0 Å². The molecule has 0 unspecified atom stereocenters. The highest BCUT2D eigenvalue weighted by atomic mass is 16.3. The topological polar surface area (TPSA) is 21.3 Å². The van der Waals surface area contributed by atoms with Crippen LogP contribution in [-0.4, -0.2) is 4.57 Å². The lowest BCUT2D eigenvalue weighted by atomic mass is 9.90. The van der Waals surface area contributed by atoms with Crippen LogP contribution in [0.1, 0.15) is 0 Å². The lowest BCUT2D eigenvalue weighted by Gasteiger charge is -2.29. The SMILES string of the molecule is c1ccc(-c2cccc3cccc(-c4ccccc4N(c4cccc(-c5cccc6c7ccccc7n(-c7ccccc7)c56)c4)c4ccc5c(c4)oc4ccccc45)c23)cc1. The summed E-state index contributed by atoms with van der Waals surface area (Å²) in [6.45, 7) is 0. The Morgan fingerprint density at radius 2 is 0.967 bits per heavy atom. The zero-order valence-corrected chi connectivity index (χ0v) is 33.2. The van der Waals surface area contributed by atoms with Gasteiger partial charge in [-0.25, -0.2) is 0 Å². The second-order valence-electron chi connectivity index (χ2n) is 15.6. The van der Waals surface area contributed by atoms with E-state index in [1.165, 1.54) is 54.8 Å². The van der Waals surface area contributed by atoms with E-state index in [0.29, 0.717) is 0 Å². The summed E-state index contributed by atoms with van der Waals surface area (Å²) in [7, 11) is 0. The third-order valence-corrected chi connectivity index (χ3v) is 12.2. The number of benzene rings is 10. The number of nitrogens with zero attached hydrogens (tertiary/aromatic N) is 2. The van der Waals surface area contributed by atoms with Gasteiger partial charge in [0.25, 0.3) is 0 Å². The Kier molecular flexibility index (Phi) is 8.17. The molecule has 0 N–H and O–H groups in total. The van der Waals surface area contributed by atoms with Crippen LogP contribution in [0.4, 0.5) is 17.1 Å². The van der Waals surface area contributed by atoms with Crippen LogP contribution in [0.3, 0.4) is 0 Å². The number of fused-ring (bicyclic) bond motifs is 7. The molecular weight excluding hydrogens is 741 g/mol. The molecule has 0 aliphatic heterocycles. The lowest BCUT2D eigenvalue weighted by Crippen LogP contribution is -2.11. The van der Waals surface area contributed by atoms with Crippen molar-refractivity contribution in [3.05, 3.63) is 231 Å². The van der Waals surface area contributed by atoms with E-state index in [-0.39, 0.29) is 0 Å². The highest BCUT2D eigenvalue weighted by Crippen LogP contribution is 2.47. The molecule has 0 aliphatic carbocycles. The summed E-state index contributed by atoms with van der Waals surface area (Å²) in [5.74, 6) is 0. The van der Waals surface area contributed by atoms with Gasteiger partial charge in [-0.1, -0.05) is 170 Å². The van der Waals surface area contributed by atoms with E-state index in [9.17, 15) is 0 Å². The molecule has 10 aromatic carbocycles. The van der Waals surface area contributed by atoms with Gasteiger partial charge in [0.2, 0.25) is 0 Å². The maximum Gasteiger partial charge on any atom is 0.137 e. The third-order valence-electron chi connectivity index (χ3n) is 12.2. The first-order valence-electron chi connectivity index (χ1n) is 20.8. The van der Waals surface area contributed by atoms with Gasteiger partial charge in [-0.3, -0.25) is 0 Å². The van der Waals surface area contributed by atoms with Crippen molar-refractivity contribution in [2.24, 2.45) is 0 Å². The Hall–Kier alpha value is -8.14. The summed E-state index contributed by atoms with van der Waals surface area (Å²) in [4.78, 5) is 2.41. The zero-order chi connectivity index (χ0) is 40.3. The maximum atomic E-state index is 6.55. The van der Waals surface area contributed by atoms with E-state index >= 15 is 0 Å². The first kappa shape index (κ1) is 34.9. The molecule has 0 amide bonds. The molecule has 2 heterocycles. The number of para-hydroxylation sites is 5. The Labute approximate surface area is 353 Å². The first-order chi connectivity index (χ1) is 30.3.